The summed E-state index contributed by atoms with van der Waals surface area (Å²) >= 11 is -1.34. The zero-order valence-electron chi connectivity index (χ0n) is 13.4. The van der Waals surface area contributed by atoms with Crippen LogP contribution in [0.15, 0.2) is 0 Å². The molecular weight excluding hydrogens is 359 g/mol. The standard InChI is InChI=1S/C8H16O2.C8H17O.Sn/c1-2-3-4-5-6-7-8(9)10;1-2-3-4-5-6-7-8-9;/h2-7H2,1H3,(H,9,10);2-8H2,1H3;/q;-1;+2/p-1. The van der Waals surface area contributed by atoms with Crippen LogP contribution in [-0.2, 0) is 10.9 Å². The fourth-order valence-electron chi connectivity index (χ4n) is 2.00. The number of carbonyl (C=O) groups excluding carboxylic acids is 1. The molecule has 0 rings (SSSR count). The second-order valence-corrected chi connectivity index (χ2v) is 7.22. The van der Waals surface area contributed by atoms with Crippen LogP contribution in [0.2, 0.25) is 0 Å². The molecule has 0 N–H and O–H groups in total. The van der Waals surface area contributed by atoms with Gasteiger partial charge in [0.2, 0.25) is 0 Å². The first-order chi connectivity index (χ1) is 9.81. The van der Waals surface area contributed by atoms with Gasteiger partial charge in [-0.25, -0.2) is 0 Å². The first kappa shape index (κ1) is 20.2. The molecule has 0 saturated carbocycles. The predicted octanol–water partition coefficient (Wildman–Crippen LogP) is 4.80. The van der Waals surface area contributed by atoms with Crippen LogP contribution in [0.5, 0.6) is 0 Å². The summed E-state index contributed by atoms with van der Waals surface area (Å²) in [6, 6.07) is 0. The van der Waals surface area contributed by atoms with Crippen molar-refractivity contribution < 1.29 is 10.9 Å². The van der Waals surface area contributed by atoms with Crippen LogP contribution >= 0.6 is 0 Å². The number of carbonyl (C=O) groups is 1. The van der Waals surface area contributed by atoms with Crippen molar-refractivity contribution in [1.29, 1.82) is 0 Å². The topological polar surface area (TPSA) is 35.5 Å². The van der Waals surface area contributed by atoms with Gasteiger partial charge in [0.1, 0.15) is 0 Å². The van der Waals surface area contributed by atoms with E-state index < -0.39 is 22.0 Å². The summed E-state index contributed by atoms with van der Waals surface area (Å²) in [6.45, 7) is 5.21. The van der Waals surface area contributed by atoms with E-state index in [1.165, 1.54) is 51.4 Å². The Morgan fingerprint density at radius 3 is 2.00 bits per heavy atom. The Morgan fingerprint density at radius 2 is 1.35 bits per heavy atom. The van der Waals surface area contributed by atoms with Gasteiger partial charge in [0.25, 0.3) is 0 Å². The Hall–Kier alpha value is 0.229. The number of hydrogen-bond donors (Lipinski definition) is 0. The van der Waals surface area contributed by atoms with E-state index in [1.807, 2.05) is 0 Å². The molecule has 0 saturated heterocycles. The Kier molecular flexibility index (Phi) is 17.5. The van der Waals surface area contributed by atoms with E-state index in [1.54, 1.807) is 0 Å². The van der Waals surface area contributed by atoms with Crippen molar-refractivity contribution in [3.05, 3.63) is 0 Å². The quantitative estimate of drug-likeness (QED) is 0.297. The molecule has 0 amide bonds. The van der Waals surface area contributed by atoms with Crippen molar-refractivity contribution in [2.24, 2.45) is 0 Å². The molecule has 0 unspecified atom stereocenters. The van der Waals surface area contributed by atoms with E-state index in [9.17, 15) is 4.79 Å². The van der Waals surface area contributed by atoms with Gasteiger partial charge in [-0.3, -0.25) is 0 Å². The van der Waals surface area contributed by atoms with E-state index in [4.69, 9.17) is 6.15 Å². The predicted molar refractivity (Wildman–Crippen MR) is 84.6 cm³/mol. The fourth-order valence-corrected chi connectivity index (χ4v) is 3.37. The Labute approximate surface area is 136 Å². The Balaban J connectivity index is 3.11. The van der Waals surface area contributed by atoms with E-state index in [-0.39, 0.29) is 5.97 Å². The van der Waals surface area contributed by atoms with Crippen LogP contribution in [0.25, 0.3) is 0 Å². The molecule has 118 valence electrons. The van der Waals surface area contributed by atoms with Crippen molar-refractivity contribution in [2.75, 3.05) is 6.61 Å². The second kappa shape index (κ2) is 17.3. The van der Waals surface area contributed by atoms with Crippen LogP contribution in [-0.4, -0.2) is 34.5 Å². The van der Waals surface area contributed by atoms with Gasteiger partial charge >= 0.3 is 136 Å². The summed E-state index contributed by atoms with van der Waals surface area (Å²) < 4.78 is 10.7. The van der Waals surface area contributed by atoms with E-state index in [0.29, 0.717) is 6.42 Å². The minimum absolute atomic E-state index is 0.0453. The summed E-state index contributed by atoms with van der Waals surface area (Å²) in [6.07, 6.45) is 14.1. The van der Waals surface area contributed by atoms with Crippen LogP contribution < -0.4 is 0 Å². The molecule has 20 heavy (non-hydrogen) atoms. The monoisotopic (exact) mass is 392 g/mol. The van der Waals surface area contributed by atoms with Crippen LogP contribution in [0.3, 0.4) is 0 Å². The number of hydrogen-bond acceptors (Lipinski definition) is 3. The molecule has 0 aliphatic carbocycles. The van der Waals surface area contributed by atoms with Gasteiger partial charge in [0.15, 0.2) is 0 Å². The molecule has 0 spiro atoms. The molecule has 0 aromatic rings. The molecule has 0 aliphatic rings. The second-order valence-electron chi connectivity index (χ2n) is 5.34. The van der Waals surface area contributed by atoms with E-state index in [2.05, 4.69) is 13.8 Å². The van der Waals surface area contributed by atoms with Gasteiger partial charge in [0, 0.05) is 0 Å². The van der Waals surface area contributed by atoms with E-state index >= 15 is 0 Å². The zero-order valence-corrected chi connectivity index (χ0v) is 16.3. The molecule has 0 atom stereocenters. The molecule has 0 fully saturated rings. The first-order valence-corrected chi connectivity index (χ1v) is 10.7. The summed E-state index contributed by atoms with van der Waals surface area (Å²) in [4.78, 5) is 11.4. The molecule has 0 aromatic heterocycles. The maximum absolute atomic E-state index is 11.4. The average Bonchev–Trinajstić information content (AvgIpc) is 2.45. The Morgan fingerprint density at radius 1 is 0.800 bits per heavy atom. The van der Waals surface area contributed by atoms with Gasteiger partial charge in [-0.1, -0.05) is 0 Å². The van der Waals surface area contributed by atoms with E-state index in [0.717, 1.165) is 25.9 Å². The molecule has 0 aromatic carbocycles. The summed E-state index contributed by atoms with van der Waals surface area (Å²) in [7, 11) is 0. The SMILES string of the molecule is CCCCCCCC[O][Sn][O]C(=O)CCCCCCC. The zero-order chi connectivity index (χ0) is 14.9. The molecule has 0 heterocycles. The molecule has 4 heteroatoms. The van der Waals surface area contributed by atoms with Gasteiger partial charge in [-0.15, -0.1) is 0 Å². The minimum atomic E-state index is -1.34. The van der Waals surface area contributed by atoms with Crippen molar-refractivity contribution in [3.63, 3.8) is 0 Å². The fraction of sp³-hybridized carbons (Fsp3) is 0.938. The normalized spacial score (nSPS) is 10.7. The molecule has 2 radical (unpaired) electrons. The van der Waals surface area contributed by atoms with Gasteiger partial charge in [-0.05, 0) is 0 Å². The van der Waals surface area contributed by atoms with Crippen LogP contribution in [0, 0.1) is 0 Å². The Bertz CT molecular complexity index is 210. The van der Waals surface area contributed by atoms with Crippen molar-refractivity contribution in [2.45, 2.75) is 90.9 Å². The molecule has 3 nitrogen and oxygen atoms in total. The third-order valence-electron chi connectivity index (χ3n) is 3.30. The third kappa shape index (κ3) is 16.3. The van der Waals surface area contributed by atoms with Gasteiger partial charge < -0.3 is 0 Å². The van der Waals surface area contributed by atoms with Crippen molar-refractivity contribution in [1.82, 2.24) is 0 Å². The van der Waals surface area contributed by atoms with Crippen LogP contribution in [0.1, 0.15) is 90.9 Å². The average molecular weight is 391 g/mol. The van der Waals surface area contributed by atoms with Gasteiger partial charge in [-0.2, -0.15) is 0 Å². The molecule has 0 aliphatic heterocycles. The third-order valence-corrected chi connectivity index (χ3v) is 5.11. The van der Waals surface area contributed by atoms with Gasteiger partial charge in [0.05, 0.1) is 0 Å². The molecular formula is C16H32O3Sn. The van der Waals surface area contributed by atoms with Crippen LogP contribution in [0.4, 0.5) is 0 Å². The number of unbranched alkanes of at least 4 members (excludes halogenated alkanes) is 9. The summed E-state index contributed by atoms with van der Waals surface area (Å²) in [5.41, 5.74) is 0. The maximum atomic E-state index is 11.4. The number of rotatable bonds is 15. The molecule has 0 bridgehead atoms. The summed E-state index contributed by atoms with van der Waals surface area (Å²) in [5, 5.41) is 0. The van der Waals surface area contributed by atoms with Crippen molar-refractivity contribution >= 4 is 27.9 Å². The summed E-state index contributed by atoms with van der Waals surface area (Å²) in [5.74, 6) is -0.0453. The first-order valence-electron chi connectivity index (χ1n) is 8.37. The van der Waals surface area contributed by atoms with Crippen molar-refractivity contribution in [3.8, 4) is 0 Å².